The molecule has 0 bridgehead atoms. The number of halogens is 3. The van der Waals surface area contributed by atoms with E-state index in [0.29, 0.717) is 47.2 Å². The van der Waals surface area contributed by atoms with Crippen molar-refractivity contribution in [2.75, 3.05) is 18.4 Å². The van der Waals surface area contributed by atoms with Gasteiger partial charge in [-0.3, -0.25) is 14.2 Å². The molecule has 4 aromatic rings. The molecular formula is C27H23F3N4O2. The lowest BCUT2D eigenvalue weighted by Crippen LogP contribution is -2.43. The lowest BCUT2D eigenvalue weighted by molar-refractivity contribution is -0.121. The third-order valence-electron chi connectivity index (χ3n) is 6.37. The summed E-state index contributed by atoms with van der Waals surface area (Å²) in [5, 5.41) is 2.86. The number of carbonyl (C=O) groups is 2. The molecule has 0 aliphatic carbocycles. The molecule has 1 aliphatic rings. The topological polar surface area (TPSA) is 67.2 Å². The van der Waals surface area contributed by atoms with Gasteiger partial charge in [-0.25, -0.2) is 9.37 Å². The highest BCUT2D eigenvalue weighted by molar-refractivity contribution is 5.96. The Morgan fingerprint density at radius 3 is 2.42 bits per heavy atom. The standard InChI is InChI=1S/C27H23F3N4O2/c28-20-11-7-18(8-12-20)26(36)33-15-3-4-19(16-33)25(35)31-21-13-9-17(10-14-21)24-32-22-5-1-2-6-23(22)34(24)27(29)30/h1-2,5-14,19,27H,3-4,15-16H2,(H,31,35). The van der Waals surface area contributed by atoms with Crippen LogP contribution in [-0.4, -0.2) is 39.4 Å². The van der Waals surface area contributed by atoms with Gasteiger partial charge in [0.05, 0.1) is 17.0 Å². The molecule has 1 aliphatic heterocycles. The molecule has 1 saturated heterocycles. The summed E-state index contributed by atoms with van der Waals surface area (Å²) in [6.07, 6.45) is 1.31. The number of imidazole rings is 1. The lowest BCUT2D eigenvalue weighted by atomic mass is 9.96. The quantitative estimate of drug-likeness (QED) is 0.387. The number of anilines is 1. The number of nitrogens with one attached hydrogen (secondary N) is 1. The second kappa shape index (κ2) is 9.85. The summed E-state index contributed by atoms with van der Waals surface area (Å²) >= 11 is 0. The number of aromatic nitrogens is 2. The van der Waals surface area contributed by atoms with Crippen molar-refractivity contribution in [3.8, 4) is 11.4 Å². The maximum Gasteiger partial charge on any atom is 0.320 e. The molecule has 2 heterocycles. The third kappa shape index (κ3) is 4.68. The fraction of sp³-hybridized carbons (Fsp3) is 0.222. The van der Waals surface area contributed by atoms with Crippen LogP contribution in [0.15, 0.2) is 72.8 Å². The van der Waals surface area contributed by atoms with Crippen molar-refractivity contribution in [3.63, 3.8) is 0 Å². The predicted molar refractivity (Wildman–Crippen MR) is 130 cm³/mol. The zero-order valence-corrected chi connectivity index (χ0v) is 19.2. The molecule has 5 rings (SSSR count). The van der Waals surface area contributed by atoms with E-state index < -0.39 is 18.3 Å². The van der Waals surface area contributed by atoms with Crippen molar-refractivity contribution in [1.29, 1.82) is 0 Å². The highest BCUT2D eigenvalue weighted by atomic mass is 19.3. The van der Waals surface area contributed by atoms with Crippen LogP contribution in [0.25, 0.3) is 22.4 Å². The summed E-state index contributed by atoms with van der Waals surface area (Å²) in [6.45, 7) is -1.96. The van der Waals surface area contributed by atoms with Crippen LogP contribution >= 0.6 is 0 Å². The zero-order valence-electron chi connectivity index (χ0n) is 19.2. The molecule has 2 amide bonds. The third-order valence-corrected chi connectivity index (χ3v) is 6.37. The van der Waals surface area contributed by atoms with E-state index in [1.807, 2.05) is 0 Å². The molecule has 0 radical (unpaired) electrons. The Kier molecular flexibility index (Phi) is 6.45. The van der Waals surface area contributed by atoms with Crippen LogP contribution in [0.1, 0.15) is 29.7 Å². The van der Waals surface area contributed by atoms with Gasteiger partial charge in [0.25, 0.3) is 5.91 Å². The van der Waals surface area contributed by atoms with E-state index in [0.717, 1.165) is 4.57 Å². The maximum absolute atomic E-state index is 13.8. The number of rotatable bonds is 5. The second-order valence-corrected chi connectivity index (χ2v) is 8.74. The Labute approximate surface area is 205 Å². The Morgan fingerprint density at radius 2 is 1.69 bits per heavy atom. The summed E-state index contributed by atoms with van der Waals surface area (Å²) in [7, 11) is 0. The normalized spacial score (nSPS) is 15.9. The molecule has 3 aromatic carbocycles. The number of amides is 2. The van der Waals surface area contributed by atoms with Gasteiger partial charge >= 0.3 is 6.55 Å². The van der Waals surface area contributed by atoms with Crippen molar-refractivity contribution in [2.24, 2.45) is 5.92 Å². The largest absolute Gasteiger partial charge is 0.338 e. The average molecular weight is 493 g/mol. The fourth-order valence-corrected chi connectivity index (χ4v) is 4.54. The van der Waals surface area contributed by atoms with Crippen LogP contribution in [0, 0.1) is 11.7 Å². The van der Waals surface area contributed by atoms with E-state index in [1.54, 1.807) is 53.4 Å². The minimum Gasteiger partial charge on any atom is -0.338 e. The van der Waals surface area contributed by atoms with Crippen molar-refractivity contribution in [3.05, 3.63) is 84.2 Å². The number of hydrogen-bond acceptors (Lipinski definition) is 3. The number of alkyl halides is 2. The van der Waals surface area contributed by atoms with Gasteiger partial charge in [0, 0.05) is 29.9 Å². The number of likely N-dealkylation sites (tertiary alicyclic amines) is 1. The van der Waals surface area contributed by atoms with Crippen molar-refractivity contribution in [2.45, 2.75) is 19.4 Å². The van der Waals surface area contributed by atoms with Gasteiger partial charge in [-0.15, -0.1) is 0 Å². The number of piperidine rings is 1. The second-order valence-electron chi connectivity index (χ2n) is 8.74. The van der Waals surface area contributed by atoms with Crippen LogP contribution in [-0.2, 0) is 4.79 Å². The fourth-order valence-electron chi connectivity index (χ4n) is 4.54. The minimum absolute atomic E-state index is 0.145. The molecule has 0 saturated carbocycles. The Bertz CT molecular complexity index is 1400. The van der Waals surface area contributed by atoms with E-state index in [1.165, 1.54) is 24.3 Å². The highest BCUT2D eigenvalue weighted by Gasteiger charge is 2.29. The van der Waals surface area contributed by atoms with Crippen LogP contribution in [0.2, 0.25) is 0 Å². The van der Waals surface area contributed by atoms with E-state index in [2.05, 4.69) is 10.3 Å². The van der Waals surface area contributed by atoms with E-state index in [9.17, 15) is 22.8 Å². The Balaban J connectivity index is 1.28. The van der Waals surface area contributed by atoms with Crippen molar-refractivity contribution >= 4 is 28.5 Å². The van der Waals surface area contributed by atoms with Crippen LogP contribution in [0.3, 0.4) is 0 Å². The number of fused-ring (bicyclic) bond motifs is 1. The SMILES string of the molecule is O=C(Nc1ccc(-c2nc3ccccc3n2C(F)F)cc1)C1CCCN(C(=O)c2ccc(F)cc2)C1. The first-order valence-electron chi connectivity index (χ1n) is 11.6. The summed E-state index contributed by atoms with van der Waals surface area (Å²) in [5.41, 5.74) is 2.21. The monoisotopic (exact) mass is 492 g/mol. The molecule has 6 nitrogen and oxygen atoms in total. The lowest BCUT2D eigenvalue weighted by Gasteiger charge is -2.32. The van der Waals surface area contributed by atoms with Crippen LogP contribution < -0.4 is 5.32 Å². The van der Waals surface area contributed by atoms with Crippen LogP contribution in [0.5, 0.6) is 0 Å². The molecular weight excluding hydrogens is 469 g/mol. The molecule has 1 aromatic heterocycles. The van der Waals surface area contributed by atoms with Crippen LogP contribution in [0.4, 0.5) is 18.9 Å². The Hall–Kier alpha value is -4.14. The highest BCUT2D eigenvalue weighted by Crippen LogP contribution is 2.30. The van der Waals surface area contributed by atoms with Crippen molar-refractivity contribution < 1.29 is 22.8 Å². The average Bonchev–Trinajstić information content (AvgIpc) is 3.29. The molecule has 184 valence electrons. The maximum atomic E-state index is 13.8. The number of hydrogen-bond donors (Lipinski definition) is 1. The summed E-state index contributed by atoms with van der Waals surface area (Å²) in [6, 6.07) is 18.6. The summed E-state index contributed by atoms with van der Waals surface area (Å²) in [5.74, 6) is -1.13. The van der Waals surface area contributed by atoms with E-state index in [-0.39, 0.29) is 24.2 Å². The van der Waals surface area contributed by atoms with Gasteiger partial charge in [0.1, 0.15) is 11.6 Å². The number of para-hydroxylation sites is 2. The molecule has 1 unspecified atom stereocenters. The number of nitrogens with zero attached hydrogens (tertiary/aromatic N) is 3. The molecule has 0 spiro atoms. The minimum atomic E-state index is -2.75. The summed E-state index contributed by atoms with van der Waals surface area (Å²) < 4.78 is 41.6. The van der Waals surface area contributed by atoms with Gasteiger partial charge in [-0.1, -0.05) is 12.1 Å². The first kappa shape index (κ1) is 23.6. The van der Waals surface area contributed by atoms with E-state index >= 15 is 0 Å². The molecule has 1 N–H and O–H groups in total. The predicted octanol–water partition coefficient (Wildman–Crippen LogP) is 5.73. The van der Waals surface area contributed by atoms with E-state index in [4.69, 9.17) is 0 Å². The zero-order chi connectivity index (χ0) is 25.2. The smallest absolute Gasteiger partial charge is 0.320 e. The molecule has 36 heavy (non-hydrogen) atoms. The number of carbonyl (C=O) groups excluding carboxylic acids is 2. The molecule has 9 heteroatoms. The first-order chi connectivity index (χ1) is 17.4. The summed E-state index contributed by atoms with van der Waals surface area (Å²) in [4.78, 5) is 31.6. The number of benzene rings is 3. The van der Waals surface area contributed by atoms with Gasteiger partial charge in [-0.2, -0.15) is 8.78 Å². The van der Waals surface area contributed by atoms with Gasteiger partial charge in [0.15, 0.2) is 0 Å². The van der Waals surface area contributed by atoms with Gasteiger partial charge in [0.2, 0.25) is 5.91 Å². The first-order valence-corrected chi connectivity index (χ1v) is 11.6. The van der Waals surface area contributed by atoms with Gasteiger partial charge in [-0.05, 0) is 73.5 Å². The Morgan fingerprint density at radius 1 is 0.972 bits per heavy atom. The van der Waals surface area contributed by atoms with Crippen molar-refractivity contribution in [1.82, 2.24) is 14.5 Å². The van der Waals surface area contributed by atoms with Gasteiger partial charge < -0.3 is 10.2 Å². The molecule has 1 atom stereocenters. The molecule has 1 fully saturated rings.